The van der Waals surface area contributed by atoms with Crippen LogP contribution in [0.2, 0.25) is 0 Å². The van der Waals surface area contributed by atoms with E-state index in [1.54, 1.807) is 33.8 Å². The molecular formula is C14H23NO4. The van der Waals surface area contributed by atoms with Crippen LogP contribution in [0.25, 0.3) is 0 Å². The van der Waals surface area contributed by atoms with E-state index in [1.807, 2.05) is 6.92 Å². The van der Waals surface area contributed by atoms with Gasteiger partial charge in [-0.15, -0.1) is 6.58 Å². The molecule has 5 heteroatoms. The molecule has 1 fully saturated rings. The van der Waals surface area contributed by atoms with E-state index < -0.39 is 28.6 Å². The molecule has 0 saturated heterocycles. The van der Waals surface area contributed by atoms with Crippen LogP contribution in [0.4, 0.5) is 4.79 Å². The van der Waals surface area contributed by atoms with Gasteiger partial charge in [0.2, 0.25) is 0 Å². The molecule has 19 heavy (non-hydrogen) atoms. The van der Waals surface area contributed by atoms with Crippen LogP contribution >= 0.6 is 0 Å². The SMILES string of the molecule is C=CC1(C)CC1(NC(=O)OC(C)(C)C)C(=O)OCC. The van der Waals surface area contributed by atoms with Crippen LogP contribution in [0.5, 0.6) is 0 Å². The number of esters is 1. The molecule has 1 rings (SSSR count). The van der Waals surface area contributed by atoms with Gasteiger partial charge in [0.25, 0.3) is 0 Å². The van der Waals surface area contributed by atoms with Gasteiger partial charge in [0.15, 0.2) is 5.54 Å². The quantitative estimate of drug-likeness (QED) is 0.628. The minimum absolute atomic E-state index is 0.268. The summed E-state index contributed by atoms with van der Waals surface area (Å²) in [6.07, 6.45) is 1.52. The standard InChI is InChI=1S/C14H23NO4/c1-7-13(6)9-14(13,10(16)18-8-2)15-11(17)19-12(3,4)5/h7H,1,8-9H2,2-6H3,(H,15,17). The Hall–Kier alpha value is -1.52. The van der Waals surface area contributed by atoms with Crippen molar-refractivity contribution in [2.75, 3.05) is 6.61 Å². The van der Waals surface area contributed by atoms with Gasteiger partial charge in [0.1, 0.15) is 5.60 Å². The average Bonchev–Trinajstić information content (AvgIpc) is 2.83. The number of hydrogen-bond acceptors (Lipinski definition) is 4. The Morgan fingerprint density at radius 1 is 1.42 bits per heavy atom. The van der Waals surface area contributed by atoms with Gasteiger partial charge in [-0.05, 0) is 34.1 Å². The second-order valence-corrected chi connectivity index (χ2v) is 6.05. The molecule has 0 aromatic rings. The molecule has 0 aromatic heterocycles. The van der Waals surface area contributed by atoms with E-state index >= 15 is 0 Å². The van der Waals surface area contributed by atoms with Crippen molar-refractivity contribution >= 4 is 12.1 Å². The molecule has 2 atom stereocenters. The first kappa shape index (κ1) is 15.5. The summed E-state index contributed by atoms with van der Waals surface area (Å²) >= 11 is 0. The fourth-order valence-electron chi connectivity index (χ4n) is 2.03. The topological polar surface area (TPSA) is 64.6 Å². The summed E-state index contributed by atoms with van der Waals surface area (Å²) in [6, 6.07) is 0. The monoisotopic (exact) mass is 269 g/mol. The van der Waals surface area contributed by atoms with Crippen molar-refractivity contribution in [2.45, 2.75) is 52.2 Å². The molecule has 0 spiro atoms. The molecule has 1 aliphatic carbocycles. The van der Waals surface area contributed by atoms with Gasteiger partial charge in [-0.1, -0.05) is 13.0 Å². The fourth-order valence-corrected chi connectivity index (χ4v) is 2.03. The van der Waals surface area contributed by atoms with E-state index in [1.165, 1.54) is 0 Å². The van der Waals surface area contributed by atoms with Crippen LogP contribution in [0.1, 0.15) is 41.0 Å². The summed E-state index contributed by atoms with van der Waals surface area (Å²) in [5, 5.41) is 2.64. The van der Waals surface area contributed by atoms with Gasteiger partial charge in [0, 0.05) is 5.41 Å². The zero-order valence-electron chi connectivity index (χ0n) is 12.3. The summed E-state index contributed by atoms with van der Waals surface area (Å²) in [4.78, 5) is 23.9. The Morgan fingerprint density at radius 3 is 2.37 bits per heavy atom. The van der Waals surface area contributed by atoms with Crippen molar-refractivity contribution in [3.8, 4) is 0 Å². The maximum Gasteiger partial charge on any atom is 0.408 e. The molecule has 5 nitrogen and oxygen atoms in total. The zero-order chi connectivity index (χ0) is 14.9. The molecule has 1 N–H and O–H groups in total. The summed E-state index contributed by atoms with van der Waals surface area (Å²) in [6.45, 7) is 12.9. The molecule has 0 heterocycles. The molecule has 0 aliphatic heterocycles. The summed E-state index contributed by atoms with van der Waals surface area (Å²) in [5.74, 6) is -0.441. The highest BCUT2D eigenvalue weighted by atomic mass is 16.6. The first-order valence-electron chi connectivity index (χ1n) is 6.42. The number of rotatable bonds is 4. The van der Waals surface area contributed by atoms with Gasteiger partial charge in [0.05, 0.1) is 6.61 Å². The lowest BCUT2D eigenvalue weighted by atomic mass is 10.0. The first-order chi connectivity index (χ1) is 8.60. The predicted octanol–water partition coefficient (Wildman–Crippen LogP) is 2.41. The van der Waals surface area contributed by atoms with Gasteiger partial charge < -0.3 is 14.8 Å². The highest BCUT2D eigenvalue weighted by Crippen LogP contribution is 2.57. The van der Waals surface area contributed by atoms with E-state index in [-0.39, 0.29) is 6.61 Å². The van der Waals surface area contributed by atoms with Crippen molar-refractivity contribution in [3.05, 3.63) is 12.7 Å². The number of alkyl carbamates (subject to hydrolysis) is 1. The van der Waals surface area contributed by atoms with E-state index in [0.29, 0.717) is 6.42 Å². The lowest BCUT2D eigenvalue weighted by Gasteiger charge is -2.24. The Balaban J connectivity index is 2.82. The maximum atomic E-state index is 12.1. The van der Waals surface area contributed by atoms with Gasteiger partial charge >= 0.3 is 12.1 Å². The molecule has 1 saturated carbocycles. The fraction of sp³-hybridized carbons (Fsp3) is 0.714. The maximum absolute atomic E-state index is 12.1. The van der Waals surface area contributed by atoms with Crippen LogP contribution in [0, 0.1) is 5.41 Å². The number of hydrogen-bond donors (Lipinski definition) is 1. The lowest BCUT2D eigenvalue weighted by Crippen LogP contribution is -2.49. The first-order valence-corrected chi connectivity index (χ1v) is 6.42. The third-order valence-corrected chi connectivity index (χ3v) is 3.27. The third-order valence-electron chi connectivity index (χ3n) is 3.27. The second-order valence-electron chi connectivity index (χ2n) is 6.05. The number of ether oxygens (including phenoxy) is 2. The highest BCUT2D eigenvalue weighted by molar-refractivity contribution is 5.91. The minimum atomic E-state index is -1.05. The van der Waals surface area contributed by atoms with Gasteiger partial charge in [-0.25, -0.2) is 9.59 Å². The van der Waals surface area contributed by atoms with Gasteiger partial charge in [-0.3, -0.25) is 0 Å². The summed E-state index contributed by atoms with van der Waals surface area (Å²) in [5.41, 5.74) is -2.15. The molecule has 108 valence electrons. The van der Waals surface area contributed by atoms with E-state index in [4.69, 9.17) is 9.47 Å². The molecule has 0 aromatic carbocycles. The number of nitrogens with one attached hydrogen (secondary N) is 1. The smallest absolute Gasteiger partial charge is 0.408 e. The van der Waals surface area contributed by atoms with Crippen LogP contribution < -0.4 is 5.32 Å². The Labute approximate surface area is 114 Å². The molecule has 1 amide bonds. The third kappa shape index (κ3) is 3.08. The minimum Gasteiger partial charge on any atom is -0.464 e. The normalized spacial score (nSPS) is 29.3. The Kier molecular flexibility index (Phi) is 3.98. The Morgan fingerprint density at radius 2 is 2.00 bits per heavy atom. The van der Waals surface area contributed by atoms with E-state index in [0.717, 1.165) is 0 Å². The van der Waals surface area contributed by atoms with Crippen molar-refractivity contribution in [3.63, 3.8) is 0 Å². The second kappa shape index (κ2) is 4.87. The van der Waals surface area contributed by atoms with E-state index in [9.17, 15) is 9.59 Å². The molecule has 0 bridgehead atoms. The molecule has 1 aliphatic rings. The van der Waals surface area contributed by atoms with Crippen LogP contribution in [0.3, 0.4) is 0 Å². The Bertz CT molecular complexity index is 399. The number of carbonyl (C=O) groups is 2. The molecular weight excluding hydrogens is 246 g/mol. The van der Waals surface area contributed by atoms with Crippen molar-refractivity contribution < 1.29 is 19.1 Å². The van der Waals surface area contributed by atoms with Gasteiger partial charge in [-0.2, -0.15) is 0 Å². The van der Waals surface area contributed by atoms with Crippen molar-refractivity contribution in [1.29, 1.82) is 0 Å². The highest BCUT2D eigenvalue weighted by Gasteiger charge is 2.70. The predicted molar refractivity (Wildman–Crippen MR) is 71.7 cm³/mol. The summed E-state index contributed by atoms with van der Waals surface area (Å²) in [7, 11) is 0. The van der Waals surface area contributed by atoms with Crippen LogP contribution in [0.15, 0.2) is 12.7 Å². The number of carbonyl (C=O) groups excluding carboxylic acids is 2. The molecule has 2 unspecified atom stereocenters. The van der Waals surface area contributed by atoms with Crippen molar-refractivity contribution in [2.24, 2.45) is 5.41 Å². The number of amides is 1. The van der Waals surface area contributed by atoms with Crippen LogP contribution in [-0.2, 0) is 14.3 Å². The molecule has 0 radical (unpaired) electrons. The van der Waals surface area contributed by atoms with Crippen LogP contribution in [-0.4, -0.2) is 29.8 Å². The van der Waals surface area contributed by atoms with Crippen molar-refractivity contribution in [1.82, 2.24) is 5.32 Å². The lowest BCUT2D eigenvalue weighted by molar-refractivity contribution is -0.147. The largest absolute Gasteiger partial charge is 0.464 e. The van der Waals surface area contributed by atoms with E-state index in [2.05, 4.69) is 11.9 Å². The zero-order valence-corrected chi connectivity index (χ0v) is 12.3. The average molecular weight is 269 g/mol. The summed E-state index contributed by atoms with van der Waals surface area (Å²) < 4.78 is 10.2.